The minimum atomic E-state index is -0.0185. The van der Waals surface area contributed by atoms with Crippen molar-refractivity contribution in [3.8, 4) is 11.5 Å². The van der Waals surface area contributed by atoms with Crippen LogP contribution in [-0.4, -0.2) is 19.6 Å². The number of carbonyl (C=O) groups excluding carboxylic acids is 1. The lowest BCUT2D eigenvalue weighted by atomic mass is 10.1. The van der Waals surface area contributed by atoms with Gasteiger partial charge in [-0.3, -0.25) is 4.79 Å². The van der Waals surface area contributed by atoms with Crippen LogP contribution in [0.3, 0.4) is 0 Å². The quantitative estimate of drug-likeness (QED) is 0.855. The molecule has 0 fully saturated rings. The highest BCUT2D eigenvalue weighted by Gasteiger charge is 2.06. The molecule has 2 aromatic rings. The Labute approximate surface area is 131 Å². The standard InChI is InChI=1S/C18H21NO3/c1-3-22-16-10-8-14(9-11-16)12-18(20)19-13-15-6-4-5-7-17(15)21-2/h4-11H,3,12-13H2,1-2H3,(H,19,20). The maximum atomic E-state index is 12.0. The average molecular weight is 299 g/mol. The second-order valence-corrected chi connectivity index (χ2v) is 4.84. The topological polar surface area (TPSA) is 47.6 Å². The van der Waals surface area contributed by atoms with Crippen molar-refractivity contribution in [1.29, 1.82) is 0 Å². The Morgan fingerprint density at radius 2 is 1.82 bits per heavy atom. The molecule has 0 aliphatic rings. The monoisotopic (exact) mass is 299 g/mol. The number of nitrogens with one attached hydrogen (secondary N) is 1. The van der Waals surface area contributed by atoms with Crippen molar-refractivity contribution in [2.24, 2.45) is 0 Å². The molecule has 0 atom stereocenters. The predicted octanol–water partition coefficient (Wildman–Crippen LogP) is 2.95. The number of amides is 1. The Balaban J connectivity index is 1.87. The molecule has 0 saturated carbocycles. The van der Waals surface area contributed by atoms with E-state index in [1.165, 1.54) is 0 Å². The van der Waals surface area contributed by atoms with Gasteiger partial charge in [-0.2, -0.15) is 0 Å². The van der Waals surface area contributed by atoms with Crippen LogP contribution < -0.4 is 14.8 Å². The van der Waals surface area contributed by atoms with Gasteiger partial charge in [0.05, 0.1) is 20.1 Å². The first-order valence-electron chi connectivity index (χ1n) is 7.33. The molecule has 0 aromatic heterocycles. The van der Waals surface area contributed by atoms with Crippen LogP contribution in [0.2, 0.25) is 0 Å². The molecule has 0 aliphatic carbocycles. The molecule has 0 unspecified atom stereocenters. The van der Waals surface area contributed by atoms with E-state index in [4.69, 9.17) is 9.47 Å². The van der Waals surface area contributed by atoms with Crippen LogP contribution in [0.4, 0.5) is 0 Å². The second kappa shape index (κ2) is 8.08. The van der Waals surface area contributed by atoms with Crippen molar-refractivity contribution in [2.75, 3.05) is 13.7 Å². The highest BCUT2D eigenvalue weighted by Crippen LogP contribution is 2.17. The zero-order valence-electron chi connectivity index (χ0n) is 13.0. The summed E-state index contributed by atoms with van der Waals surface area (Å²) in [6.45, 7) is 3.04. The molecule has 2 rings (SSSR count). The summed E-state index contributed by atoms with van der Waals surface area (Å²) in [5, 5.41) is 2.91. The number of benzene rings is 2. The first-order chi connectivity index (χ1) is 10.7. The lowest BCUT2D eigenvalue weighted by molar-refractivity contribution is -0.120. The number of hydrogen-bond acceptors (Lipinski definition) is 3. The van der Waals surface area contributed by atoms with Gasteiger partial charge in [0.25, 0.3) is 0 Å². The Morgan fingerprint density at radius 3 is 2.50 bits per heavy atom. The first-order valence-corrected chi connectivity index (χ1v) is 7.33. The third-order valence-electron chi connectivity index (χ3n) is 3.27. The van der Waals surface area contributed by atoms with Gasteiger partial charge in [0.1, 0.15) is 11.5 Å². The van der Waals surface area contributed by atoms with E-state index in [0.717, 1.165) is 22.6 Å². The maximum Gasteiger partial charge on any atom is 0.224 e. The van der Waals surface area contributed by atoms with Gasteiger partial charge in [-0.1, -0.05) is 30.3 Å². The van der Waals surface area contributed by atoms with E-state index in [-0.39, 0.29) is 5.91 Å². The number of para-hydroxylation sites is 1. The number of methoxy groups -OCH3 is 1. The second-order valence-electron chi connectivity index (χ2n) is 4.84. The van der Waals surface area contributed by atoms with Crippen molar-refractivity contribution < 1.29 is 14.3 Å². The molecule has 0 saturated heterocycles. The SMILES string of the molecule is CCOc1ccc(CC(=O)NCc2ccccc2OC)cc1. The summed E-state index contributed by atoms with van der Waals surface area (Å²) in [6.07, 6.45) is 0.349. The van der Waals surface area contributed by atoms with Gasteiger partial charge in [-0.15, -0.1) is 0 Å². The van der Waals surface area contributed by atoms with Crippen LogP contribution in [0.25, 0.3) is 0 Å². The van der Waals surface area contributed by atoms with Crippen LogP contribution in [0.1, 0.15) is 18.1 Å². The number of hydrogen-bond donors (Lipinski definition) is 1. The summed E-state index contributed by atoms with van der Waals surface area (Å²) in [7, 11) is 1.63. The molecule has 1 N–H and O–H groups in total. The molecule has 0 spiro atoms. The average Bonchev–Trinajstić information content (AvgIpc) is 2.55. The third-order valence-corrected chi connectivity index (χ3v) is 3.27. The molecule has 4 heteroatoms. The fraction of sp³-hybridized carbons (Fsp3) is 0.278. The van der Waals surface area contributed by atoms with Gasteiger partial charge in [0.2, 0.25) is 5.91 Å². The minimum absolute atomic E-state index is 0.0185. The number of ether oxygens (including phenoxy) is 2. The van der Waals surface area contributed by atoms with E-state index >= 15 is 0 Å². The summed E-state index contributed by atoms with van der Waals surface area (Å²) in [4.78, 5) is 12.0. The van der Waals surface area contributed by atoms with E-state index in [0.29, 0.717) is 19.6 Å². The van der Waals surface area contributed by atoms with E-state index in [9.17, 15) is 4.79 Å². The molecule has 22 heavy (non-hydrogen) atoms. The fourth-order valence-corrected chi connectivity index (χ4v) is 2.16. The van der Waals surface area contributed by atoms with Crippen LogP contribution in [-0.2, 0) is 17.8 Å². The van der Waals surface area contributed by atoms with Gasteiger partial charge in [-0.05, 0) is 30.7 Å². The van der Waals surface area contributed by atoms with E-state index in [1.807, 2.05) is 55.5 Å². The number of carbonyl (C=O) groups is 1. The molecule has 4 nitrogen and oxygen atoms in total. The number of rotatable bonds is 7. The predicted molar refractivity (Wildman–Crippen MR) is 86.2 cm³/mol. The molecule has 0 aliphatic heterocycles. The van der Waals surface area contributed by atoms with Crippen molar-refractivity contribution in [3.63, 3.8) is 0 Å². The van der Waals surface area contributed by atoms with Gasteiger partial charge in [-0.25, -0.2) is 0 Å². The normalized spacial score (nSPS) is 10.1. The van der Waals surface area contributed by atoms with E-state index in [2.05, 4.69) is 5.32 Å². The van der Waals surface area contributed by atoms with Crippen molar-refractivity contribution >= 4 is 5.91 Å². The van der Waals surface area contributed by atoms with E-state index < -0.39 is 0 Å². The molecular weight excluding hydrogens is 278 g/mol. The molecule has 0 heterocycles. The van der Waals surface area contributed by atoms with Crippen LogP contribution in [0.5, 0.6) is 11.5 Å². The third kappa shape index (κ3) is 4.52. The van der Waals surface area contributed by atoms with Gasteiger partial charge >= 0.3 is 0 Å². The highest BCUT2D eigenvalue weighted by atomic mass is 16.5. The van der Waals surface area contributed by atoms with Crippen LogP contribution in [0.15, 0.2) is 48.5 Å². The molecule has 0 bridgehead atoms. The van der Waals surface area contributed by atoms with Gasteiger partial charge in [0.15, 0.2) is 0 Å². The maximum absolute atomic E-state index is 12.0. The molecular formula is C18H21NO3. The van der Waals surface area contributed by atoms with Gasteiger partial charge < -0.3 is 14.8 Å². The lowest BCUT2D eigenvalue weighted by Gasteiger charge is -2.10. The van der Waals surface area contributed by atoms with Crippen LogP contribution >= 0.6 is 0 Å². The summed E-state index contributed by atoms with van der Waals surface area (Å²) in [5.41, 5.74) is 1.92. The smallest absolute Gasteiger partial charge is 0.224 e. The molecule has 2 aromatic carbocycles. The Kier molecular flexibility index (Phi) is 5.83. The molecule has 116 valence electrons. The van der Waals surface area contributed by atoms with E-state index in [1.54, 1.807) is 7.11 Å². The Hall–Kier alpha value is -2.49. The molecule has 0 radical (unpaired) electrons. The Morgan fingerprint density at radius 1 is 1.09 bits per heavy atom. The zero-order chi connectivity index (χ0) is 15.8. The van der Waals surface area contributed by atoms with Crippen molar-refractivity contribution in [2.45, 2.75) is 19.9 Å². The van der Waals surface area contributed by atoms with Gasteiger partial charge in [0, 0.05) is 12.1 Å². The summed E-state index contributed by atoms with van der Waals surface area (Å²) in [6, 6.07) is 15.2. The van der Waals surface area contributed by atoms with Crippen molar-refractivity contribution in [3.05, 3.63) is 59.7 Å². The lowest BCUT2D eigenvalue weighted by Crippen LogP contribution is -2.24. The molecule has 1 amide bonds. The summed E-state index contributed by atoms with van der Waals surface area (Å²) in [5.74, 6) is 1.58. The first kappa shape index (κ1) is 15.9. The largest absolute Gasteiger partial charge is 0.496 e. The zero-order valence-corrected chi connectivity index (χ0v) is 13.0. The van der Waals surface area contributed by atoms with Crippen molar-refractivity contribution in [1.82, 2.24) is 5.32 Å². The summed E-state index contributed by atoms with van der Waals surface area (Å²) < 4.78 is 10.6. The Bertz CT molecular complexity index is 608. The fourth-order valence-electron chi connectivity index (χ4n) is 2.16. The highest BCUT2D eigenvalue weighted by molar-refractivity contribution is 5.78. The summed E-state index contributed by atoms with van der Waals surface area (Å²) >= 11 is 0. The van der Waals surface area contributed by atoms with Crippen LogP contribution in [0, 0.1) is 0 Å². The minimum Gasteiger partial charge on any atom is -0.496 e.